The Morgan fingerprint density at radius 3 is 2.56 bits per heavy atom. The zero-order valence-corrected chi connectivity index (χ0v) is 13.6. The molecule has 3 aromatic rings. The van der Waals surface area contributed by atoms with Gasteiger partial charge in [-0.1, -0.05) is 30.3 Å². The quantitative estimate of drug-likeness (QED) is 0.410. The van der Waals surface area contributed by atoms with Gasteiger partial charge in [0.15, 0.2) is 11.5 Å². The average molecular weight is 333 g/mol. The molecule has 3 aromatic carbocycles. The predicted molar refractivity (Wildman–Crippen MR) is 94.4 cm³/mol. The topological polar surface area (TPSA) is 69.4 Å². The van der Waals surface area contributed by atoms with Gasteiger partial charge in [-0.3, -0.25) is 14.9 Å². The number of nitro groups is 1. The summed E-state index contributed by atoms with van der Waals surface area (Å²) >= 11 is 0. The van der Waals surface area contributed by atoms with Crippen LogP contribution in [0, 0.1) is 10.1 Å². The zero-order valence-electron chi connectivity index (χ0n) is 13.6. The van der Waals surface area contributed by atoms with Crippen LogP contribution in [-0.4, -0.2) is 17.8 Å². The number of methoxy groups -OCH3 is 1. The molecule has 0 aromatic heterocycles. The molecule has 1 aliphatic carbocycles. The third kappa shape index (κ3) is 2.36. The molecule has 0 N–H and O–H groups in total. The largest absolute Gasteiger partial charge is 0.490 e. The van der Waals surface area contributed by atoms with E-state index in [9.17, 15) is 14.9 Å². The van der Waals surface area contributed by atoms with Crippen LogP contribution < -0.4 is 4.74 Å². The average Bonchev–Trinajstić information content (AvgIpc) is 3.06. The van der Waals surface area contributed by atoms with Gasteiger partial charge >= 0.3 is 5.69 Å². The van der Waals surface area contributed by atoms with Gasteiger partial charge in [0, 0.05) is 17.2 Å². The van der Waals surface area contributed by atoms with Gasteiger partial charge in [-0.25, -0.2) is 0 Å². The van der Waals surface area contributed by atoms with Gasteiger partial charge in [-0.2, -0.15) is 0 Å². The number of aryl methyl sites for hydroxylation is 2. The molecule has 0 aliphatic heterocycles. The smallest absolute Gasteiger partial charge is 0.311 e. The van der Waals surface area contributed by atoms with Gasteiger partial charge in [-0.15, -0.1) is 0 Å². The van der Waals surface area contributed by atoms with Gasteiger partial charge in [0.2, 0.25) is 0 Å². The lowest BCUT2D eigenvalue weighted by molar-refractivity contribution is -0.385. The molecule has 0 heterocycles. The highest BCUT2D eigenvalue weighted by Crippen LogP contribution is 2.34. The zero-order chi connectivity index (χ0) is 17.6. The second kappa shape index (κ2) is 5.70. The van der Waals surface area contributed by atoms with E-state index in [1.807, 2.05) is 24.3 Å². The molecule has 0 bridgehead atoms. The van der Waals surface area contributed by atoms with Crippen molar-refractivity contribution in [2.45, 2.75) is 12.8 Å². The van der Waals surface area contributed by atoms with Gasteiger partial charge in [0.05, 0.1) is 12.0 Å². The number of ether oxygens (including phenoxy) is 1. The highest BCUT2D eigenvalue weighted by molar-refractivity contribution is 6.17. The van der Waals surface area contributed by atoms with Crippen LogP contribution in [0.15, 0.2) is 48.5 Å². The van der Waals surface area contributed by atoms with Crippen LogP contribution in [0.2, 0.25) is 0 Å². The maximum atomic E-state index is 13.0. The van der Waals surface area contributed by atoms with E-state index < -0.39 is 4.92 Å². The van der Waals surface area contributed by atoms with E-state index in [0.717, 1.165) is 23.6 Å². The van der Waals surface area contributed by atoms with Crippen molar-refractivity contribution in [3.8, 4) is 5.75 Å². The number of nitro benzene ring substituents is 1. The van der Waals surface area contributed by atoms with Crippen molar-refractivity contribution < 1.29 is 14.5 Å². The third-order valence-corrected chi connectivity index (χ3v) is 4.76. The summed E-state index contributed by atoms with van der Waals surface area (Å²) in [7, 11) is 1.37. The summed E-state index contributed by atoms with van der Waals surface area (Å²) in [5, 5.41) is 13.3. The summed E-state index contributed by atoms with van der Waals surface area (Å²) in [5.41, 5.74) is 3.15. The van der Waals surface area contributed by atoms with Crippen LogP contribution in [-0.2, 0) is 12.8 Å². The molecule has 0 radical (unpaired) electrons. The lowest BCUT2D eigenvalue weighted by Gasteiger charge is -2.09. The number of carbonyl (C=O) groups is 1. The number of benzene rings is 3. The fourth-order valence-corrected chi connectivity index (χ4v) is 3.57. The van der Waals surface area contributed by atoms with Crippen LogP contribution in [0.4, 0.5) is 5.69 Å². The third-order valence-electron chi connectivity index (χ3n) is 4.76. The normalized spacial score (nSPS) is 12.4. The maximum absolute atomic E-state index is 13.0. The molecule has 4 rings (SSSR count). The van der Waals surface area contributed by atoms with Crippen LogP contribution in [0.25, 0.3) is 10.8 Å². The van der Waals surface area contributed by atoms with Crippen molar-refractivity contribution >= 4 is 22.2 Å². The molecule has 25 heavy (non-hydrogen) atoms. The van der Waals surface area contributed by atoms with Crippen molar-refractivity contribution in [2.75, 3.05) is 7.11 Å². The summed E-state index contributed by atoms with van der Waals surface area (Å²) in [5.74, 6) is -0.0803. The Balaban J connectivity index is 1.87. The lowest BCUT2D eigenvalue weighted by atomic mass is 9.94. The molecule has 0 fully saturated rings. The van der Waals surface area contributed by atoms with E-state index >= 15 is 0 Å². The fourth-order valence-electron chi connectivity index (χ4n) is 3.57. The van der Waals surface area contributed by atoms with Gasteiger partial charge in [0.1, 0.15) is 0 Å². The van der Waals surface area contributed by atoms with Crippen molar-refractivity contribution in [3.63, 3.8) is 0 Å². The van der Waals surface area contributed by atoms with Crippen molar-refractivity contribution in [2.24, 2.45) is 0 Å². The first kappa shape index (κ1) is 15.3. The summed E-state index contributed by atoms with van der Waals surface area (Å²) in [6.07, 6.45) is 1.97. The summed E-state index contributed by atoms with van der Waals surface area (Å²) in [6.45, 7) is 0. The second-order valence-corrected chi connectivity index (χ2v) is 6.08. The summed E-state index contributed by atoms with van der Waals surface area (Å²) in [4.78, 5) is 23.7. The Hall–Kier alpha value is -3.21. The minimum Gasteiger partial charge on any atom is -0.490 e. The summed E-state index contributed by atoms with van der Waals surface area (Å²) < 4.78 is 5.00. The molecule has 0 amide bonds. The lowest BCUT2D eigenvalue weighted by Crippen LogP contribution is -2.04. The second-order valence-electron chi connectivity index (χ2n) is 6.08. The van der Waals surface area contributed by atoms with Crippen molar-refractivity contribution in [3.05, 3.63) is 80.9 Å². The van der Waals surface area contributed by atoms with Crippen LogP contribution in [0.3, 0.4) is 0 Å². The highest BCUT2D eigenvalue weighted by Gasteiger charge is 2.22. The minimum absolute atomic E-state index is 0.141. The first-order valence-corrected chi connectivity index (χ1v) is 8.01. The number of hydrogen-bond donors (Lipinski definition) is 0. The Morgan fingerprint density at radius 1 is 1.08 bits per heavy atom. The molecule has 124 valence electrons. The molecule has 0 spiro atoms. The number of nitrogens with zero attached hydrogens (tertiary/aromatic N) is 1. The number of rotatable bonds is 4. The van der Waals surface area contributed by atoms with E-state index in [-0.39, 0.29) is 22.8 Å². The first-order valence-electron chi connectivity index (χ1n) is 8.01. The van der Waals surface area contributed by atoms with Crippen molar-refractivity contribution in [1.82, 2.24) is 0 Å². The molecular weight excluding hydrogens is 318 g/mol. The standard InChI is InChI=1S/C20H15NO4/c1-25-18-10-8-14(11-17(18)21(23)24)20(22)16-9-7-13-6-5-12-3-2-4-15(16)19(12)13/h2-4,7-11H,5-6H2,1H3. The molecule has 0 saturated heterocycles. The van der Waals surface area contributed by atoms with Crippen LogP contribution >= 0.6 is 0 Å². The molecule has 1 aliphatic rings. The molecule has 5 heteroatoms. The van der Waals surface area contributed by atoms with Gasteiger partial charge in [-0.05, 0) is 46.9 Å². The minimum atomic E-state index is -0.539. The van der Waals surface area contributed by atoms with Crippen LogP contribution in [0.1, 0.15) is 27.0 Å². The molecule has 0 atom stereocenters. The highest BCUT2D eigenvalue weighted by atomic mass is 16.6. The van der Waals surface area contributed by atoms with Crippen LogP contribution in [0.5, 0.6) is 5.75 Å². The Kier molecular flexibility index (Phi) is 3.50. The monoisotopic (exact) mass is 333 g/mol. The van der Waals surface area contributed by atoms with E-state index in [1.54, 1.807) is 6.07 Å². The van der Waals surface area contributed by atoms with E-state index in [1.165, 1.54) is 30.4 Å². The SMILES string of the molecule is COc1ccc(C(=O)c2ccc3c4c(cccc24)CC3)cc1[N+](=O)[O-]. The van der Waals surface area contributed by atoms with Crippen molar-refractivity contribution in [1.29, 1.82) is 0 Å². The van der Waals surface area contributed by atoms with Gasteiger partial charge < -0.3 is 4.74 Å². The Labute approximate surface area is 144 Å². The summed E-state index contributed by atoms with van der Waals surface area (Å²) in [6, 6.07) is 14.1. The predicted octanol–water partition coefficient (Wildman–Crippen LogP) is 4.09. The number of carbonyl (C=O) groups excluding carboxylic acids is 1. The van der Waals surface area contributed by atoms with E-state index in [0.29, 0.717) is 5.56 Å². The molecule has 5 nitrogen and oxygen atoms in total. The van der Waals surface area contributed by atoms with Gasteiger partial charge in [0.25, 0.3) is 0 Å². The number of ketones is 1. The number of hydrogen-bond acceptors (Lipinski definition) is 4. The van der Waals surface area contributed by atoms with E-state index in [2.05, 4.69) is 6.07 Å². The fraction of sp³-hybridized carbons (Fsp3) is 0.150. The molecule has 0 saturated carbocycles. The van der Waals surface area contributed by atoms with E-state index in [4.69, 9.17) is 4.74 Å². The molecular formula is C20H15NO4. The first-order chi connectivity index (χ1) is 12.1. The Morgan fingerprint density at radius 2 is 1.84 bits per heavy atom. The maximum Gasteiger partial charge on any atom is 0.311 e. The molecule has 0 unspecified atom stereocenters. The Bertz CT molecular complexity index is 1030.